The molecule has 0 saturated heterocycles. The van der Waals surface area contributed by atoms with Crippen LogP contribution >= 0.6 is 0 Å². The van der Waals surface area contributed by atoms with Crippen LogP contribution in [0.25, 0.3) is 0 Å². The fourth-order valence-electron chi connectivity index (χ4n) is 1.91. The van der Waals surface area contributed by atoms with Gasteiger partial charge >= 0.3 is 0 Å². The molecule has 1 N–H and O–H groups in total. The summed E-state index contributed by atoms with van der Waals surface area (Å²) in [6.07, 6.45) is 5.63. The molecule has 2 aromatic rings. The average Bonchev–Trinajstić information content (AvgIpc) is 2.45. The highest BCUT2D eigenvalue weighted by Gasteiger charge is 2.13. The van der Waals surface area contributed by atoms with Crippen molar-refractivity contribution in [3.05, 3.63) is 60.2 Å². The van der Waals surface area contributed by atoms with Crippen molar-refractivity contribution in [2.24, 2.45) is 0 Å². The van der Waals surface area contributed by atoms with Gasteiger partial charge in [-0.15, -0.1) is 0 Å². The Balaban J connectivity index is 2.10. The highest BCUT2D eigenvalue weighted by Crippen LogP contribution is 2.14. The maximum Gasteiger partial charge on any atom is 0.145 e. The second kappa shape index (κ2) is 6.87. The summed E-state index contributed by atoms with van der Waals surface area (Å²) >= 11 is 0. The van der Waals surface area contributed by atoms with E-state index in [1.165, 1.54) is 5.56 Å². The first-order chi connectivity index (χ1) is 8.90. The zero-order valence-corrected chi connectivity index (χ0v) is 10.7. The van der Waals surface area contributed by atoms with Gasteiger partial charge in [-0.1, -0.05) is 37.3 Å². The first-order valence-corrected chi connectivity index (χ1v) is 6.44. The lowest BCUT2D eigenvalue weighted by molar-refractivity contribution is 0.504. The van der Waals surface area contributed by atoms with E-state index in [2.05, 4.69) is 46.5 Å². The van der Waals surface area contributed by atoms with Crippen LogP contribution in [0.4, 0.5) is 0 Å². The zero-order chi connectivity index (χ0) is 12.6. The summed E-state index contributed by atoms with van der Waals surface area (Å²) in [7, 11) is 0. The molecule has 1 aromatic carbocycles. The molecule has 0 saturated carbocycles. The van der Waals surface area contributed by atoms with Gasteiger partial charge in [0.25, 0.3) is 0 Å². The number of benzene rings is 1. The van der Waals surface area contributed by atoms with Crippen LogP contribution in [0.1, 0.15) is 30.8 Å². The van der Waals surface area contributed by atoms with Gasteiger partial charge in [0.15, 0.2) is 0 Å². The molecular formula is C15H19N3. The van der Waals surface area contributed by atoms with Crippen LogP contribution in [0.15, 0.2) is 48.8 Å². The number of hydrogen-bond donors (Lipinski definition) is 1. The van der Waals surface area contributed by atoms with E-state index in [1.54, 1.807) is 12.4 Å². The zero-order valence-electron chi connectivity index (χ0n) is 10.7. The SMILES string of the molecule is CCCNC(Cc1ccccc1)c1ncccn1. The molecule has 0 aliphatic rings. The van der Waals surface area contributed by atoms with Crippen LogP contribution < -0.4 is 5.32 Å². The van der Waals surface area contributed by atoms with Gasteiger partial charge in [0.2, 0.25) is 0 Å². The van der Waals surface area contributed by atoms with Crippen molar-refractivity contribution in [1.82, 2.24) is 15.3 Å². The van der Waals surface area contributed by atoms with Crippen LogP contribution in [-0.4, -0.2) is 16.5 Å². The topological polar surface area (TPSA) is 37.8 Å². The van der Waals surface area contributed by atoms with Crippen LogP contribution in [-0.2, 0) is 6.42 Å². The Kier molecular flexibility index (Phi) is 4.85. The minimum atomic E-state index is 0.188. The van der Waals surface area contributed by atoms with E-state index in [4.69, 9.17) is 0 Å². The van der Waals surface area contributed by atoms with Crippen molar-refractivity contribution < 1.29 is 0 Å². The molecule has 1 unspecified atom stereocenters. The minimum Gasteiger partial charge on any atom is -0.307 e. The molecule has 0 amide bonds. The highest BCUT2D eigenvalue weighted by atomic mass is 15.0. The summed E-state index contributed by atoms with van der Waals surface area (Å²) in [4.78, 5) is 8.71. The van der Waals surface area contributed by atoms with Gasteiger partial charge in [-0.05, 0) is 31.0 Å². The fourth-order valence-corrected chi connectivity index (χ4v) is 1.91. The third kappa shape index (κ3) is 3.64. The molecule has 1 heterocycles. The summed E-state index contributed by atoms with van der Waals surface area (Å²) in [5.74, 6) is 0.870. The van der Waals surface area contributed by atoms with Crippen molar-refractivity contribution in [3.63, 3.8) is 0 Å². The summed E-state index contributed by atoms with van der Waals surface area (Å²) in [6, 6.07) is 12.5. The van der Waals surface area contributed by atoms with Gasteiger partial charge in [-0.2, -0.15) is 0 Å². The molecule has 3 nitrogen and oxygen atoms in total. The minimum absolute atomic E-state index is 0.188. The van der Waals surface area contributed by atoms with E-state index in [9.17, 15) is 0 Å². The Hall–Kier alpha value is -1.74. The number of aromatic nitrogens is 2. The molecule has 0 aliphatic carbocycles. The van der Waals surface area contributed by atoms with Crippen LogP contribution in [0.5, 0.6) is 0 Å². The monoisotopic (exact) mass is 241 g/mol. The van der Waals surface area contributed by atoms with Gasteiger partial charge in [-0.25, -0.2) is 9.97 Å². The Morgan fingerprint density at radius 3 is 2.44 bits per heavy atom. The fraction of sp³-hybridized carbons (Fsp3) is 0.333. The number of nitrogens with zero attached hydrogens (tertiary/aromatic N) is 2. The lowest BCUT2D eigenvalue weighted by atomic mass is 10.1. The quantitative estimate of drug-likeness (QED) is 0.845. The first-order valence-electron chi connectivity index (χ1n) is 6.44. The molecule has 0 spiro atoms. The summed E-state index contributed by atoms with van der Waals surface area (Å²) in [5, 5.41) is 3.51. The standard InChI is InChI=1S/C15H19N3/c1-2-9-16-14(15-17-10-6-11-18-15)12-13-7-4-3-5-8-13/h3-8,10-11,14,16H,2,9,12H2,1H3. The number of hydrogen-bond acceptors (Lipinski definition) is 3. The van der Waals surface area contributed by atoms with Crippen molar-refractivity contribution in [3.8, 4) is 0 Å². The summed E-state index contributed by atoms with van der Waals surface area (Å²) < 4.78 is 0. The van der Waals surface area contributed by atoms with Crippen molar-refractivity contribution >= 4 is 0 Å². The first kappa shape index (κ1) is 12.7. The highest BCUT2D eigenvalue weighted by molar-refractivity contribution is 5.17. The van der Waals surface area contributed by atoms with E-state index < -0.39 is 0 Å². The van der Waals surface area contributed by atoms with Gasteiger partial charge in [-0.3, -0.25) is 0 Å². The maximum absolute atomic E-state index is 4.35. The van der Waals surface area contributed by atoms with Gasteiger partial charge in [0.1, 0.15) is 5.82 Å². The average molecular weight is 241 g/mol. The Labute approximate surface area is 108 Å². The van der Waals surface area contributed by atoms with Crippen molar-refractivity contribution in [2.75, 3.05) is 6.54 Å². The predicted octanol–water partition coefficient (Wildman–Crippen LogP) is 2.76. The van der Waals surface area contributed by atoms with Crippen LogP contribution in [0.2, 0.25) is 0 Å². The van der Waals surface area contributed by atoms with Gasteiger partial charge < -0.3 is 5.32 Å². The molecule has 2 rings (SSSR count). The molecule has 0 bridgehead atoms. The number of nitrogens with one attached hydrogen (secondary N) is 1. The molecule has 18 heavy (non-hydrogen) atoms. The second-order valence-electron chi connectivity index (χ2n) is 4.30. The molecule has 3 heteroatoms. The molecule has 1 aromatic heterocycles. The van der Waals surface area contributed by atoms with E-state index in [0.717, 1.165) is 25.2 Å². The lowest BCUT2D eigenvalue weighted by Gasteiger charge is -2.17. The van der Waals surface area contributed by atoms with Crippen molar-refractivity contribution in [2.45, 2.75) is 25.8 Å². The van der Waals surface area contributed by atoms with E-state index in [1.807, 2.05) is 12.1 Å². The van der Waals surface area contributed by atoms with Crippen molar-refractivity contribution in [1.29, 1.82) is 0 Å². The Morgan fingerprint density at radius 2 is 1.78 bits per heavy atom. The maximum atomic E-state index is 4.35. The second-order valence-corrected chi connectivity index (χ2v) is 4.30. The Bertz CT molecular complexity index is 442. The normalized spacial score (nSPS) is 12.3. The van der Waals surface area contributed by atoms with E-state index >= 15 is 0 Å². The molecule has 0 aliphatic heterocycles. The number of rotatable bonds is 6. The smallest absolute Gasteiger partial charge is 0.145 e. The third-order valence-electron chi connectivity index (χ3n) is 2.82. The summed E-state index contributed by atoms with van der Waals surface area (Å²) in [6.45, 7) is 3.15. The molecular weight excluding hydrogens is 222 g/mol. The molecule has 0 radical (unpaired) electrons. The molecule has 1 atom stereocenters. The molecule has 94 valence electrons. The largest absolute Gasteiger partial charge is 0.307 e. The van der Waals surface area contributed by atoms with Crippen LogP contribution in [0.3, 0.4) is 0 Å². The van der Waals surface area contributed by atoms with Gasteiger partial charge in [0.05, 0.1) is 6.04 Å². The summed E-state index contributed by atoms with van der Waals surface area (Å²) in [5.41, 5.74) is 1.30. The predicted molar refractivity (Wildman–Crippen MR) is 73.2 cm³/mol. The molecule has 0 fully saturated rings. The third-order valence-corrected chi connectivity index (χ3v) is 2.82. The van der Waals surface area contributed by atoms with Gasteiger partial charge in [0, 0.05) is 12.4 Å². The van der Waals surface area contributed by atoms with Crippen LogP contribution in [0, 0.1) is 0 Å². The van der Waals surface area contributed by atoms with E-state index in [0.29, 0.717) is 0 Å². The Morgan fingerprint density at radius 1 is 1.06 bits per heavy atom. The lowest BCUT2D eigenvalue weighted by Crippen LogP contribution is -2.25. The van der Waals surface area contributed by atoms with E-state index in [-0.39, 0.29) is 6.04 Å².